The normalized spacial score (nSPS) is 12.7. The molecule has 40 heavy (non-hydrogen) atoms. The summed E-state index contributed by atoms with van der Waals surface area (Å²) in [6, 6.07) is 21.4. The number of aryl methyl sites for hydroxylation is 1. The monoisotopic (exact) mass is 565 g/mol. The number of hydrogen-bond donors (Lipinski definition) is 1. The van der Waals surface area contributed by atoms with E-state index in [9.17, 15) is 18.0 Å². The van der Waals surface area contributed by atoms with E-state index in [1.807, 2.05) is 52.0 Å². The van der Waals surface area contributed by atoms with Crippen LogP contribution in [-0.4, -0.2) is 50.9 Å². The van der Waals surface area contributed by atoms with Crippen molar-refractivity contribution in [1.82, 2.24) is 10.2 Å². The third-order valence-electron chi connectivity index (χ3n) is 6.83. The zero-order chi connectivity index (χ0) is 29.3. The number of methoxy groups -OCH3 is 1. The van der Waals surface area contributed by atoms with Crippen molar-refractivity contribution in [3.05, 3.63) is 90.0 Å². The minimum absolute atomic E-state index is 0.0246. The first-order valence-corrected chi connectivity index (χ1v) is 14.9. The van der Waals surface area contributed by atoms with Gasteiger partial charge in [0, 0.05) is 12.6 Å². The quantitative estimate of drug-likeness (QED) is 0.317. The Kier molecular flexibility index (Phi) is 10.7. The van der Waals surface area contributed by atoms with Crippen molar-refractivity contribution in [2.75, 3.05) is 18.0 Å². The molecule has 0 saturated carbocycles. The van der Waals surface area contributed by atoms with Gasteiger partial charge in [0.25, 0.3) is 10.0 Å². The number of hydrogen-bond acceptors (Lipinski definition) is 5. The van der Waals surface area contributed by atoms with Crippen LogP contribution in [0, 0.1) is 6.92 Å². The van der Waals surface area contributed by atoms with Gasteiger partial charge in [-0.25, -0.2) is 8.42 Å². The lowest BCUT2D eigenvalue weighted by Crippen LogP contribution is -2.53. The molecule has 3 rings (SSSR count). The third kappa shape index (κ3) is 7.63. The fourth-order valence-electron chi connectivity index (χ4n) is 4.25. The maximum atomic E-state index is 14.1. The van der Waals surface area contributed by atoms with Crippen LogP contribution in [0.15, 0.2) is 83.8 Å². The first kappa shape index (κ1) is 30.7. The molecule has 0 aliphatic heterocycles. The number of ether oxygens (including phenoxy) is 1. The maximum absolute atomic E-state index is 14.1. The van der Waals surface area contributed by atoms with Crippen molar-refractivity contribution in [3.63, 3.8) is 0 Å². The number of amides is 2. The van der Waals surface area contributed by atoms with Gasteiger partial charge in [-0.3, -0.25) is 13.9 Å². The Balaban J connectivity index is 2.02. The van der Waals surface area contributed by atoms with E-state index in [1.54, 1.807) is 42.5 Å². The molecule has 0 unspecified atom stereocenters. The van der Waals surface area contributed by atoms with E-state index in [0.717, 1.165) is 21.9 Å². The number of sulfonamides is 1. The van der Waals surface area contributed by atoms with Gasteiger partial charge in [0.2, 0.25) is 11.8 Å². The molecule has 2 amide bonds. The molecule has 0 bridgehead atoms. The Morgan fingerprint density at radius 2 is 1.52 bits per heavy atom. The average Bonchev–Trinajstić information content (AvgIpc) is 2.96. The number of anilines is 1. The molecule has 0 heterocycles. The lowest BCUT2D eigenvalue weighted by molar-refractivity contribution is -0.140. The van der Waals surface area contributed by atoms with Crippen LogP contribution in [-0.2, 0) is 26.2 Å². The van der Waals surface area contributed by atoms with Crippen molar-refractivity contribution >= 4 is 27.5 Å². The predicted molar refractivity (Wildman–Crippen MR) is 158 cm³/mol. The summed E-state index contributed by atoms with van der Waals surface area (Å²) in [6.07, 6.45) is 1.12. The van der Waals surface area contributed by atoms with Crippen LogP contribution in [0.25, 0.3) is 0 Å². The number of carbonyl (C=O) groups is 2. The standard InChI is InChI=1S/C31H39N3O5S/c1-6-24(4)32-31(36)29(7-2)33(21-25-15-13-23(3)14-16-25)30(35)22-34(26-11-9-8-10-12-26)40(37,38)28-19-17-27(39-5)18-20-28/h8-20,24,29H,6-7,21-22H2,1-5H3,(H,32,36)/t24-,29+/m1/s1. The van der Waals surface area contributed by atoms with Crippen LogP contribution in [0.1, 0.15) is 44.7 Å². The summed E-state index contributed by atoms with van der Waals surface area (Å²) in [5, 5.41) is 2.99. The summed E-state index contributed by atoms with van der Waals surface area (Å²) in [6.45, 7) is 7.40. The van der Waals surface area contributed by atoms with Gasteiger partial charge in [0.05, 0.1) is 17.7 Å². The van der Waals surface area contributed by atoms with Crippen molar-refractivity contribution in [2.45, 2.75) is 64.1 Å². The number of nitrogens with one attached hydrogen (secondary N) is 1. The van der Waals surface area contributed by atoms with Gasteiger partial charge in [0.1, 0.15) is 18.3 Å². The van der Waals surface area contributed by atoms with Crippen LogP contribution in [0.5, 0.6) is 5.75 Å². The molecule has 2 atom stereocenters. The number of para-hydroxylation sites is 1. The Hall–Kier alpha value is -3.85. The predicted octanol–water partition coefficient (Wildman–Crippen LogP) is 4.92. The van der Waals surface area contributed by atoms with Gasteiger partial charge in [-0.1, -0.05) is 61.9 Å². The molecule has 0 aliphatic carbocycles. The number of nitrogens with zero attached hydrogens (tertiary/aromatic N) is 2. The van der Waals surface area contributed by atoms with E-state index < -0.39 is 28.5 Å². The van der Waals surface area contributed by atoms with E-state index in [2.05, 4.69) is 5.32 Å². The molecular formula is C31H39N3O5S. The summed E-state index contributed by atoms with van der Waals surface area (Å²) in [5.74, 6) is -0.224. The van der Waals surface area contributed by atoms with E-state index in [1.165, 1.54) is 24.1 Å². The van der Waals surface area contributed by atoms with Crippen LogP contribution >= 0.6 is 0 Å². The van der Waals surface area contributed by atoms with E-state index in [0.29, 0.717) is 17.9 Å². The number of carbonyl (C=O) groups excluding carboxylic acids is 2. The summed E-state index contributed by atoms with van der Waals surface area (Å²) >= 11 is 0. The Labute approximate surface area is 238 Å². The zero-order valence-corrected chi connectivity index (χ0v) is 24.6. The Morgan fingerprint density at radius 3 is 2.08 bits per heavy atom. The maximum Gasteiger partial charge on any atom is 0.264 e. The molecular weight excluding hydrogens is 526 g/mol. The fraction of sp³-hybridized carbons (Fsp3) is 0.355. The first-order chi connectivity index (χ1) is 19.1. The highest BCUT2D eigenvalue weighted by Gasteiger charge is 2.34. The molecule has 0 saturated heterocycles. The topological polar surface area (TPSA) is 96.0 Å². The second-order valence-corrected chi connectivity index (χ2v) is 11.6. The van der Waals surface area contributed by atoms with Crippen LogP contribution < -0.4 is 14.4 Å². The highest BCUT2D eigenvalue weighted by molar-refractivity contribution is 7.92. The molecule has 1 N–H and O–H groups in total. The van der Waals surface area contributed by atoms with Crippen molar-refractivity contribution in [3.8, 4) is 5.75 Å². The Bertz CT molecular complexity index is 1360. The van der Waals surface area contributed by atoms with Gasteiger partial charge in [0.15, 0.2) is 0 Å². The smallest absolute Gasteiger partial charge is 0.264 e. The highest BCUT2D eigenvalue weighted by Crippen LogP contribution is 2.26. The number of rotatable bonds is 13. The van der Waals surface area contributed by atoms with Crippen LogP contribution in [0.3, 0.4) is 0 Å². The van der Waals surface area contributed by atoms with Gasteiger partial charge < -0.3 is 15.0 Å². The molecule has 214 valence electrons. The first-order valence-electron chi connectivity index (χ1n) is 13.5. The summed E-state index contributed by atoms with van der Waals surface area (Å²) in [7, 11) is -2.63. The van der Waals surface area contributed by atoms with Crippen molar-refractivity contribution < 1.29 is 22.7 Å². The molecule has 0 fully saturated rings. The molecule has 0 aliphatic rings. The molecule has 8 nitrogen and oxygen atoms in total. The second kappa shape index (κ2) is 14.0. The lowest BCUT2D eigenvalue weighted by atomic mass is 10.1. The molecule has 0 radical (unpaired) electrons. The fourth-order valence-corrected chi connectivity index (χ4v) is 5.66. The van der Waals surface area contributed by atoms with E-state index >= 15 is 0 Å². The van der Waals surface area contributed by atoms with Gasteiger partial charge >= 0.3 is 0 Å². The minimum Gasteiger partial charge on any atom is -0.497 e. The molecule has 9 heteroatoms. The van der Waals surface area contributed by atoms with Gasteiger partial charge in [-0.2, -0.15) is 0 Å². The third-order valence-corrected chi connectivity index (χ3v) is 8.62. The minimum atomic E-state index is -4.13. The molecule has 3 aromatic carbocycles. The summed E-state index contributed by atoms with van der Waals surface area (Å²) < 4.78 is 34.0. The number of benzene rings is 3. The summed E-state index contributed by atoms with van der Waals surface area (Å²) in [4.78, 5) is 28.9. The zero-order valence-electron chi connectivity index (χ0n) is 23.8. The van der Waals surface area contributed by atoms with Gasteiger partial charge in [-0.15, -0.1) is 0 Å². The van der Waals surface area contributed by atoms with Crippen molar-refractivity contribution in [2.24, 2.45) is 0 Å². The lowest BCUT2D eigenvalue weighted by Gasteiger charge is -2.33. The average molecular weight is 566 g/mol. The second-order valence-electron chi connectivity index (χ2n) is 9.77. The largest absolute Gasteiger partial charge is 0.497 e. The highest BCUT2D eigenvalue weighted by atomic mass is 32.2. The summed E-state index contributed by atoms with van der Waals surface area (Å²) in [5.41, 5.74) is 2.26. The Morgan fingerprint density at radius 1 is 0.900 bits per heavy atom. The van der Waals surface area contributed by atoms with Crippen LogP contribution in [0.4, 0.5) is 5.69 Å². The van der Waals surface area contributed by atoms with Gasteiger partial charge in [-0.05, 0) is 68.7 Å². The van der Waals surface area contributed by atoms with Crippen LogP contribution in [0.2, 0.25) is 0 Å². The molecule has 0 spiro atoms. The SMILES string of the molecule is CC[C@@H](C)NC(=O)[C@H](CC)N(Cc1ccc(C)cc1)C(=O)CN(c1ccccc1)S(=O)(=O)c1ccc(OC)cc1. The van der Waals surface area contributed by atoms with E-state index in [4.69, 9.17) is 4.74 Å². The molecule has 0 aromatic heterocycles. The van der Waals surface area contributed by atoms with Crippen molar-refractivity contribution in [1.29, 1.82) is 0 Å². The van der Waals surface area contributed by atoms with E-state index in [-0.39, 0.29) is 23.4 Å². The molecule has 3 aromatic rings.